The zero-order valence-electron chi connectivity index (χ0n) is 13.5. The number of benzene rings is 1. The van der Waals surface area contributed by atoms with E-state index in [-0.39, 0.29) is 5.97 Å². The van der Waals surface area contributed by atoms with Crippen LogP contribution >= 0.6 is 0 Å². The van der Waals surface area contributed by atoms with Crippen molar-refractivity contribution in [3.05, 3.63) is 41.2 Å². The summed E-state index contributed by atoms with van der Waals surface area (Å²) in [6.45, 7) is 4.49. The molecule has 2 aromatic rings. The van der Waals surface area contributed by atoms with Crippen LogP contribution in [-0.4, -0.2) is 27.6 Å². The highest BCUT2D eigenvalue weighted by atomic mass is 16.5. The zero-order chi connectivity index (χ0) is 16.7. The van der Waals surface area contributed by atoms with Gasteiger partial charge in [0, 0.05) is 0 Å². The van der Waals surface area contributed by atoms with Crippen molar-refractivity contribution < 1.29 is 9.53 Å². The molecule has 0 aliphatic carbocycles. The average molecular weight is 312 g/mol. The predicted molar refractivity (Wildman–Crippen MR) is 85.3 cm³/mol. The maximum absolute atomic E-state index is 12.1. The van der Waals surface area contributed by atoms with Crippen LogP contribution in [0.4, 0.5) is 0 Å². The standard InChI is InChI=1S/C17H20N4O2/c1-3-5-10-23-17(22)13-8-6-9-14(11-13)21-16(7-4-2)15(12-18)19-20-21/h6,8-9,11H,3-5,7,10H2,1-2H3. The Labute approximate surface area is 135 Å². The second kappa shape index (κ2) is 8.08. The number of aromatic nitrogens is 3. The molecule has 0 aliphatic heterocycles. The fourth-order valence-electron chi connectivity index (χ4n) is 2.21. The van der Waals surface area contributed by atoms with Crippen molar-refractivity contribution in [2.75, 3.05) is 6.61 Å². The number of carbonyl (C=O) groups is 1. The van der Waals surface area contributed by atoms with Gasteiger partial charge in [-0.05, 0) is 31.0 Å². The summed E-state index contributed by atoms with van der Waals surface area (Å²) < 4.78 is 6.84. The van der Waals surface area contributed by atoms with Crippen LogP contribution in [0.1, 0.15) is 54.9 Å². The van der Waals surface area contributed by atoms with Gasteiger partial charge in [-0.15, -0.1) is 5.10 Å². The molecule has 0 atom stereocenters. The Balaban J connectivity index is 2.28. The number of unbranched alkanes of at least 4 members (excludes halogenated alkanes) is 1. The molecular formula is C17H20N4O2. The monoisotopic (exact) mass is 312 g/mol. The van der Waals surface area contributed by atoms with Crippen LogP contribution in [0.2, 0.25) is 0 Å². The van der Waals surface area contributed by atoms with Crippen molar-refractivity contribution in [3.63, 3.8) is 0 Å². The lowest BCUT2D eigenvalue weighted by atomic mass is 10.1. The molecule has 6 nitrogen and oxygen atoms in total. The molecule has 1 aromatic heterocycles. The van der Waals surface area contributed by atoms with Crippen LogP contribution in [0, 0.1) is 11.3 Å². The molecule has 2 rings (SSSR count). The number of nitriles is 1. The molecule has 0 amide bonds. The Hall–Kier alpha value is -2.68. The average Bonchev–Trinajstić information content (AvgIpc) is 2.98. The Kier molecular flexibility index (Phi) is 5.87. The second-order valence-corrected chi connectivity index (χ2v) is 5.20. The van der Waals surface area contributed by atoms with Gasteiger partial charge in [0.25, 0.3) is 0 Å². The van der Waals surface area contributed by atoms with Gasteiger partial charge in [-0.1, -0.05) is 38.0 Å². The highest BCUT2D eigenvalue weighted by Gasteiger charge is 2.15. The summed E-state index contributed by atoms with van der Waals surface area (Å²) >= 11 is 0. The number of hydrogen-bond donors (Lipinski definition) is 0. The van der Waals surface area contributed by atoms with E-state index in [1.165, 1.54) is 0 Å². The van der Waals surface area contributed by atoms with E-state index in [1.807, 2.05) is 19.9 Å². The Morgan fingerprint density at radius 1 is 1.35 bits per heavy atom. The van der Waals surface area contributed by atoms with Gasteiger partial charge in [-0.3, -0.25) is 0 Å². The number of carbonyl (C=O) groups excluding carboxylic acids is 1. The topological polar surface area (TPSA) is 80.8 Å². The third kappa shape index (κ3) is 3.95. The molecule has 1 heterocycles. The molecule has 0 bridgehead atoms. The lowest BCUT2D eigenvalue weighted by Crippen LogP contribution is -2.08. The second-order valence-electron chi connectivity index (χ2n) is 5.20. The number of nitrogens with zero attached hydrogens (tertiary/aromatic N) is 4. The Morgan fingerprint density at radius 3 is 2.87 bits per heavy atom. The zero-order valence-corrected chi connectivity index (χ0v) is 13.5. The first kappa shape index (κ1) is 16.7. The van der Waals surface area contributed by atoms with Crippen molar-refractivity contribution in [1.29, 1.82) is 5.26 Å². The van der Waals surface area contributed by atoms with Gasteiger partial charge in [-0.25, -0.2) is 9.48 Å². The summed E-state index contributed by atoms with van der Waals surface area (Å²) in [6.07, 6.45) is 3.39. The quantitative estimate of drug-likeness (QED) is 0.580. The van der Waals surface area contributed by atoms with Crippen LogP contribution in [0.5, 0.6) is 0 Å². The number of esters is 1. The summed E-state index contributed by atoms with van der Waals surface area (Å²) in [6, 6.07) is 9.08. The minimum Gasteiger partial charge on any atom is -0.462 e. The predicted octanol–water partition coefficient (Wildman–Crippen LogP) is 3.05. The third-order valence-electron chi connectivity index (χ3n) is 3.41. The van der Waals surface area contributed by atoms with Crippen molar-refractivity contribution in [1.82, 2.24) is 15.0 Å². The van der Waals surface area contributed by atoms with Gasteiger partial charge in [0.1, 0.15) is 6.07 Å². The van der Waals surface area contributed by atoms with Gasteiger partial charge in [0.05, 0.1) is 23.6 Å². The summed E-state index contributed by atoms with van der Waals surface area (Å²) in [4.78, 5) is 12.1. The van der Waals surface area contributed by atoms with Gasteiger partial charge < -0.3 is 4.74 Å². The molecule has 0 fully saturated rings. The van der Waals surface area contributed by atoms with E-state index < -0.39 is 0 Å². The molecule has 0 unspecified atom stereocenters. The van der Waals surface area contributed by atoms with E-state index in [4.69, 9.17) is 10.00 Å². The fraction of sp³-hybridized carbons (Fsp3) is 0.412. The van der Waals surface area contributed by atoms with E-state index >= 15 is 0 Å². The number of hydrogen-bond acceptors (Lipinski definition) is 5. The minimum atomic E-state index is -0.349. The maximum Gasteiger partial charge on any atom is 0.338 e. The van der Waals surface area contributed by atoms with Crippen LogP contribution in [-0.2, 0) is 11.2 Å². The summed E-state index contributed by atoms with van der Waals surface area (Å²) in [7, 11) is 0. The Morgan fingerprint density at radius 2 is 2.17 bits per heavy atom. The smallest absolute Gasteiger partial charge is 0.338 e. The third-order valence-corrected chi connectivity index (χ3v) is 3.41. The van der Waals surface area contributed by atoms with E-state index in [0.29, 0.717) is 30.0 Å². The molecular weight excluding hydrogens is 292 g/mol. The summed E-state index contributed by atoms with van der Waals surface area (Å²) in [5.41, 5.74) is 2.25. The first-order valence-electron chi connectivity index (χ1n) is 7.83. The minimum absolute atomic E-state index is 0.322. The van der Waals surface area contributed by atoms with Crippen molar-refractivity contribution in [3.8, 4) is 11.8 Å². The first-order valence-corrected chi connectivity index (χ1v) is 7.83. The lowest BCUT2D eigenvalue weighted by Gasteiger charge is -2.08. The molecule has 0 saturated carbocycles. The van der Waals surface area contributed by atoms with Crippen molar-refractivity contribution >= 4 is 5.97 Å². The molecule has 120 valence electrons. The SMILES string of the molecule is CCCCOC(=O)c1cccc(-n2nnc(C#N)c2CCC)c1. The van der Waals surface area contributed by atoms with Gasteiger partial charge in [0.15, 0.2) is 5.69 Å². The van der Waals surface area contributed by atoms with Crippen molar-refractivity contribution in [2.45, 2.75) is 39.5 Å². The van der Waals surface area contributed by atoms with E-state index in [2.05, 4.69) is 16.4 Å². The van der Waals surface area contributed by atoms with E-state index in [9.17, 15) is 4.79 Å². The van der Waals surface area contributed by atoms with Crippen LogP contribution in [0.15, 0.2) is 24.3 Å². The molecule has 0 saturated heterocycles. The van der Waals surface area contributed by atoms with Crippen molar-refractivity contribution in [2.24, 2.45) is 0 Å². The van der Waals surface area contributed by atoms with Crippen LogP contribution in [0.3, 0.4) is 0 Å². The normalized spacial score (nSPS) is 10.3. The summed E-state index contributed by atoms with van der Waals surface area (Å²) in [5.74, 6) is -0.349. The fourth-order valence-corrected chi connectivity index (χ4v) is 2.21. The number of ether oxygens (including phenoxy) is 1. The first-order chi connectivity index (χ1) is 11.2. The largest absolute Gasteiger partial charge is 0.462 e. The van der Waals surface area contributed by atoms with Crippen LogP contribution < -0.4 is 0 Å². The number of rotatable bonds is 7. The maximum atomic E-state index is 12.1. The molecule has 0 aliphatic rings. The van der Waals surface area contributed by atoms with Crippen LogP contribution in [0.25, 0.3) is 5.69 Å². The molecule has 1 aromatic carbocycles. The summed E-state index contributed by atoms with van der Waals surface area (Å²) in [5, 5.41) is 17.1. The van der Waals surface area contributed by atoms with Gasteiger partial charge in [-0.2, -0.15) is 5.26 Å². The lowest BCUT2D eigenvalue weighted by molar-refractivity contribution is 0.0499. The van der Waals surface area contributed by atoms with Gasteiger partial charge in [0.2, 0.25) is 0 Å². The van der Waals surface area contributed by atoms with E-state index in [0.717, 1.165) is 25.0 Å². The van der Waals surface area contributed by atoms with Gasteiger partial charge >= 0.3 is 5.97 Å². The van der Waals surface area contributed by atoms with E-state index in [1.54, 1.807) is 22.9 Å². The molecule has 23 heavy (non-hydrogen) atoms. The Bertz CT molecular complexity index is 716. The molecule has 6 heteroatoms. The highest BCUT2D eigenvalue weighted by Crippen LogP contribution is 2.16. The molecule has 0 N–H and O–H groups in total. The molecule has 0 spiro atoms. The molecule has 0 radical (unpaired) electrons. The highest BCUT2D eigenvalue weighted by molar-refractivity contribution is 5.90.